The molecule has 0 unspecified atom stereocenters. The summed E-state index contributed by atoms with van der Waals surface area (Å²) in [5, 5.41) is 12.4. The van der Waals surface area contributed by atoms with Crippen LogP contribution in [-0.2, 0) is 27.2 Å². The zero-order valence-electron chi connectivity index (χ0n) is 19.5. The van der Waals surface area contributed by atoms with Gasteiger partial charge in [0, 0.05) is 32.2 Å². The van der Waals surface area contributed by atoms with Crippen molar-refractivity contribution >= 4 is 13.6 Å². The second kappa shape index (κ2) is 11.1. The van der Waals surface area contributed by atoms with Crippen LogP contribution in [0.15, 0.2) is 33.9 Å². The molecule has 34 heavy (non-hydrogen) atoms. The Morgan fingerprint density at radius 1 is 1.24 bits per heavy atom. The van der Waals surface area contributed by atoms with Crippen LogP contribution in [0.25, 0.3) is 0 Å². The number of nitrogens with zero attached hydrogens (tertiary/aromatic N) is 4. The van der Waals surface area contributed by atoms with Crippen molar-refractivity contribution in [3.8, 4) is 6.07 Å². The summed E-state index contributed by atoms with van der Waals surface area (Å²) in [5.74, 6) is -0.186. The monoisotopic (exact) mass is 493 g/mol. The van der Waals surface area contributed by atoms with Crippen LogP contribution < -0.4 is 21.2 Å². The van der Waals surface area contributed by atoms with E-state index >= 15 is 0 Å². The molecular weight excluding hydrogens is 464 g/mol. The number of piperidine rings is 1. The Bertz CT molecular complexity index is 1230. The SMILES string of the molecule is CCOP(=O)(N[C@@H]1CCCN(c2cc(=O)n(C)c(=O)n2Cc2cc(F)ccc2C#N)C1)OCC. The van der Waals surface area contributed by atoms with Gasteiger partial charge in [-0.3, -0.25) is 23.0 Å². The molecule has 12 heteroatoms. The van der Waals surface area contributed by atoms with Crippen molar-refractivity contribution in [3.63, 3.8) is 0 Å². The maximum absolute atomic E-state index is 13.9. The fraction of sp³-hybridized carbons (Fsp3) is 0.500. The minimum atomic E-state index is -3.50. The molecule has 1 aliphatic rings. The van der Waals surface area contributed by atoms with Crippen LogP contribution in [0, 0.1) is 17.1 Å². The van der Waals surface area contributed by atoms with Gasteiger partial charge in [0.05, 0.1) is 31.4 Å². The molecule has 1 atom stereocenters. The molecule has 1 aromatic carbocycles. The first-order chi connectivity index (χ1) is 16.2. The number of halogens is 1. The number of nitriles is 1. The van der Waals surface area contributed by atoms with Crippen LogP contribution in [0.1, 0.15) is 37.8 Å². The summed E-state index contributed by atoms with van der Waals surface area (Å²) in [7, 11) is -2.14. The molecule has 0 spiro atoms. The molecule has 2 aromatic rings. The summed E-state index contributed by atoms with van der Waals surface area (Å²) in [6, 6.07) is 6.83. The van der Waals surface area contributed by atoms with Gasteiger partial charge in [-0.15, -0.1) is 0 Å². The lowest BCUT2D eigenvalue weighted by atomic mass is 10.1. The average molecular weight is 493 g/mol. The predicted octanol–water partition coefficient (Wildman–Crippen LogP) is 2.35. The van der Waals surface area contributed by atoms with Gasteiger partial charge in [0.25, 0.3) is 5.56 Å². The number of hydrogen-bond donors (Lipinski definition) is 1. The minimum Gasteiger partial charge on any atom is -0.356 e. The van der Waals surface area contributed by atoms with E-state index in [2.05, 4.69) is 5.09 Å². The highest BCUT2D eigenvalue weighted by Crippen LogP contribution is 2.44. The Morgan fingerprint density at radius 3 is 2.59 bits per heavy atom. The highest BCUT2D eigenvalue weighted by atomic mass is 31.2. The third kappa shape index (κ3) is 5.83. The first-order valence-corrected chi connectivity index (χ1v) is 12.7. The minimum absolute atomic E-state index is 0.0894. The zero-order valence-corrected chi connectivity index (χ0v) is 20.4. The van der Waals surface area contributed by atoms with Crippen LogP contribution in [0.3, 0.4) is 0 Å². The molecular formula is C22H29FN5O5P. The Kier molecular flexibility index (Phi) is 8.44. The van der Waals surface area contributed by atoms with Crippen molar-refractivity contribution in [1.29, 1.82) is 5.26 Å². The first kappa shape index (κ1) is 25.8. The summed E-state index contributed by atoms with van der Waals surface area (Å²) in [6.45, 7) is 4.67. The molecule has 0 radical (unpaired) electrons. The van der Waals surface area contributed by atoms with Crippen molar-refractivity contribution in [2.24, 2.45) is 7.05 Å². The molecule has 2 heterocycles. The summed E-state index contributed by atoms with van der Waals surface area (Å²) < 4.78 is 39.8. The molecule has 1 aromatic heterocycles. The topological polar surface area (TPSA) is 119 Å². The molecule has 3 rings (SSSR count). The summed E-state index contributed by atoms with van der Waals surface area (Å²) in [6.07, 6.45) is 1.39. The highest BCUT2D eigenvalue weighted by Gasteiger charge is 2.31. The lowest BCUT2D eigenvalue weighted by Gasteiger charge is -2.36. The highest BCUT2D eigenvalue weighted by molar-refractivity contribution is 7.51. The normalized spacial score (nSPS) is 16.4. The smallest absolute Gasteiger partial charge is 0.356 e. The quantitative estimate of drug-likeness (QED) is 0.529. The van der Waals surface area contributed by atoms with Crippen molar-refractivity contribution in [2.45, 2.75) is 39.3 Å². The third-order valence-electron chi connectivity index (χ3n) is 5.58. The van der Waals surface area contributed by atoms with E-state index < -0.39 is 24.8 Å². The Morgan fingerprint density at radius 2 is 1.94 bits per heavy atom. The van der Waals surface area contributed by atoms with E-state index in [4.69, 9.17) is 9.05 Å². The molecule has 0 amide bonds. The van der Waals surface area contributed by atoms with Crippen molar-refractivity contribution in [1.82, 2.24) is 14.2 Å². The maximum atomic E-state index is 13.9. The van der Waals surface area contributed by atoms with E-state index in [9.17, 15) is 23.8 Å². The summed E-state index contributed by atoms with van der Waals surface area (Å²) in [4.78, 5) is 27.4. The zero-order chi connectivity index (χ0) is 24.9. The van der Waals surface area contributed by atoms with Crippen molar-refractivity contribution < 1.29 is 18.0 Å². The van der Waals surface area contributed by atoms with Crippen LogP contribution >= 0.6 is 7.75 Å². The van der Waals surface area contributed by atoms with E-state index in [-0.39, 0.29) is 31.4 Å². The van der Waals surface area contributed by atoms with Gasteiger partial charge in [-0.2, -0.15) is 5.26 Å². The Labute approximate surface area is 197 Å². The Balaban J connectivity index is 1.97. The maximum Gasteiger partial charge on any atom is 0.405 e. The van der Waals surface area contributed by atoms with Crippen molar-refractivity contribution in [2.75, 3.05) is 31.2 Å². The fourth-order valence-electron chi connectivity index (χ4n) is 4.01. The van der Waals surface area contributed by atoms with E-state index in [1.165, 1.54) is 35.9 Å². The number of nitrogens with one attached hydrogen (secondary N) is 1. The molecule has 184 valence electrons. The lowest BCUT2D eigenvalue weighted by molar-refractivity contribution is 0.204. The Hall–Kier alpha value is -2.77. The molecule has 0 aliphatic carbocycles. The second-order valence-corrected chi connectivity index (χ2v) is 9.70. The largest absolute Gasteiger partial charge is 0.405 e. The number of anilines is 1. The van der Waals surface area contributed by atoms with Gasteiger partial charge in [-0.1, -0.05) is 0 Å². The van der Waals surface area contributed by atoms with Crippen LogP contribution in [0.5, 0.6) is 0 Å². The van der Waals surface area contributed by atoms with Crippen LogP contribution in [-0.4, -0.2) is 41.5 Å². The predicted molar refractivity (Wildman–Crippen MR) is 125 cm³/mol. The van der Waals surface area contributed by atoms with Gasteiger partial charge >= 0.3 is 13.4 Å². The molecule has 1 fully saturated rings. The number of rotatable bonds is 9. The molecule has 0 saturated carbocycles. The first-order valence-electron chi connectivity index (χ1n) is 11.1. The number of aromatic nitrogens is 2. The molecule has 0 bridgehead atoms. The number of benzene rings is 1. The van der Waals surface area contributed by atoms with Gasteiger partial charge in [0.1, 0.15) is 11.6 Å². The second-order valence-electron chi connectivity index (χ2n) is 7.93. The van der Waals surface area contributed by atoms with E-state index in [1.54, 1.807) is 13.8 Å². The molecule has 1 aliphatic heterocycles. The molecule has 10 nitrogen and oxygen atoms in total. The number of hydrogen-bond acceptors (Lipinski definition) is 7. The fourth-order valence-corrected chi connectivity index (χ4v) is 5.57. The summed E-state index contributed by atoms with van der Waals surface area (Å²) >= 11 is 0. The lowest BCUT2D eigenvalue weighted by Crippen LogP contribution is -2.48. The molecule has 1 saturated heterocycles. The molecule has 1 N–H and O–H groups in total. The average Bonchev–Trinajstić information content (AvgIpc) is 2.79. The van der Waals surface area contributed by atoms with Gasteiger partial charge in [-0.05, 0) is 50.5 Å². The van der Waals surface area contributed by atoms with Gasteiger partial charge in [0.15, 0.2) is 0 Å². The van der Waals surface area contributed by atoms with Crippen molar-refractivity contribution in [3.05, 3.63) is 62.0 Å². The van der Waals surface area contributed by atoms with E-state index in [1.807, 2.05) is 11.0 Å². The van der Waals surface area contributed by atoms with Gasteiger partial charge in [-0.25, -0.2) is 18.8 Å². The standard InChI is InChI=1S/C22H29FN5O5P/c1-4-32-34(31,33-5-2)25-19-7-6-10-27(15-19)20-12-21(29)26(3)22(30)28(20)14-17-11-18(23)9-8-16(17)13-24/h8-9,11-12,19H,4-7,10,14-15H2,1-3H3,(H,25,31)/t19-/m1/s1. The van der Waals surface area contributed by atoms with E-state index in [0.717, 1.165) is 4.57 Å². The van der Waals surface area contributed by atoms with Crippen LogP contribution in [0.2, 0.25) is 0 Å². The van der Waals surface area contributed by atoms with E-state index in [0.29, 0.717) is 37.3 Å². The summed E-state index contributed by atoms with van der Waals surface area (Å²) in [5.41, 5.74) is -0.505. The van der Waals surface area contributed by atoms with Gasteiger partial charge < -0.3 is 4.90 Å². The van der Waals surface area contributed by atoms with Crippen LogP contribution in [0.4, 0.5) is 10.2 Å². The third-order valence-corrected chi connectivity index (χ3v) is 7.46. The van der Waals surface area contributed by atoms with Gasteiger partial charge in [0.2, 0.25) is 0 Å².